The van der Waals surface area contributed by atoms with Crippen LogP contribution in [0.4, 0.5) is 0 Å². The van der Waals surface area contributed by atoms with Gasteiger partial charge in [-0.05, 0) is 43.7 Å². The Kier molecular flexibility index (Phi) is 4.88. The highest BCUT2D eigenvalue weighted by Gasteiger charge is 2.16. The third-order valence-electron chi connectivity index (χ3n) is 3.98. The molecule has 3 aromatic rings. The maximum absolute atomic E-state index is 12.5. The van der Waals surface area contributed by atoms with Crippen molar-refractivity contribution in [3.05, 3.63) is 59.0 Å². The van der Waals surface area contributed by atoms with Crippen molar-refractivity contribution in [3.8, 4) is 11.5 Å². The molecule has 0 atom stereocenters. The summed E-state index contributed by atoms with van der Waals surface area (Å²) in [6.07, 6.45) is 3.36. The van der Waals surface area contributed by atoms with E-state index in [0.717, 1.165) is 16.8 Å². The predicted octanol–water partition coefficient (Wildman–Crippen LogP) is 2.73. The van der Waals surface area contributed by atoms with E-state index in [1.165, 1.54) is 6.21 Å². The van der Waals surface area contributed by atoms with E-state index in [4.69, 9.17) is 9.47 Å². The largest absolute Gasteiger partial charge is 0.497 e. The molecule has 2 heterocycles. The molecule has 0 spiro atoms. The van der Waals surface area contributed by atoms with Gasteiger partial charge in [0.2, 0.25) is 0 Å². The molecule has 0 radical (unpaired) electrons. The van der Waals surface area contributed by atoms with Crippen molar-refractivity contribution in [1.82, 2.24) is 14.8 Å². The highest BCUT2D eigenvalue weighted by Crippen LogP contribution is 2.23. The first-order valence-electron chi connectivity index (χ1n) is 8.04. The van der Waals surface area contributed by atoms with Gasteiger partial charge in [-0.3, -0.25) is 9.20 Å². The Bertz CT molecular complexity index is 992. The van der Waals surface area contributed by atoms with Gasteiger partial charge in [-0.1, -0.05) is 0 Å². The number of amides is 1. The average molecular weight is 352 g/mol. The molecule has 2 aromatic heterocycles. The summed E-state index contributed by atoms with van der Waals surface area (Å²) in [6, 6.07) is 9.20. The number of carbonyl (C=O) groups is 1. The second-order valence-electron chi connectivity index (χ2n) is 5.79. The quantitative estimate of drug-likeness (QED) is 0.566. The summed E-state index contributed by atoms with van der Waals surface area (Å²) >= 11 is 0. The van der Waals surface area contributed by atoms with Crippen LogP contribution in [0.2, 0.25) is 0 Å². The molecule has 0 aliphatic heterocycles. The number of hydrogen-bond acceptors (Lipinski definition) is 5. The number of ether oxygens (including phenoxy) is 2. The lowest BCUT2D eigenvalue weighted by Gasteiger charge is -2.07. The van der Waals surface area contributed by atoms with Gasteiger partial charge in [0.1, 0.15) is 22.8 Å². The number of hydrogen-bond donors (Lipinski definition) is 1. The van der Waals surface area contributed by atoms with Gasteiger partial charge in [0.25, 0.3) is 5.91 Å². The fraction of sp³-hybridized carbons (Fsp3) is 0.211. The van der Waals surface area contributed by atoms with Crippen LogP contribution in [-0.4, -0.2) is 35.7 Å². The molecule has 0 aliphatic carbocycles. The minimum absolute atomic E-state index is 0.331. The number of imidazole rings is 1. The second kappa shape index (κ2) is 7.26. The number of rotatable bonds is 5. The van der Waals surface area contributed by atoms with Crippen molar-refractivity contribution in [3.63, 3.8) is 0 Å². The molecular weight excluding hydrogens is 332 g/mol. The van der Waals surface area contributed by atoms with Crippen LogP contribution in [0.5, 0.6) is 11.5 Å². The Morgan fingerprint density at radius 1 is 1.19 bits per heavy atom. The molecule has 0 aliphatic rings. The predicted molar refractivity (Wildman–Crippen MR) is 99.3 cm³/mol. The fourth-order valence-electron chi connectivity index (χ4n) is 2.68. The first-order chi connectivity index (χ1) is 12.5. The summed E-state index contributed by atoms with van der Waals surface area (Å²) in [4.78, 5) is 17.0. The number of methoxy groups -OCH3 is 2. The van der Waals surface area contributed by atoms with E-state index >= 15 is 0 Å². The van der Waals surface area contributed by atoms with Crippen molar-refractivity contribution in [2.75, 3.05) is 14.2 Å². The first kappa shape index (κ1) is 17.5. The molecule has 7 heteroatoms. The topological polar surface area (TPSA) is 77.2 Å². The monoisotopic (exact) mass is 352 g/mol. The van der Waals surface area contributed by atoms with Crippen LogP contribution in [0, 0.1) is 13.8 Å². The summed E-state index contributed by atoms with van der Waals surface area (Å²) in [6.45, 7) is 3.78. The SMILES string of the molecule is COc1ccc(C=NNC(=O)c2c(C)nc3cc(C)ccn23)c(OC)c1. The maximum atomic E-state index is 12.5. The van der Waals surface area contributed by atoms with Crippen molar-refractivity contribution in [2.45, 2.75) is 13.8 Å². The number of nitrogens with one attached hydrogen (secondary N) is 1. The molecule has 0 bridgehead atoms. The third kappa shape index (κ3) is 3.37. The van der Waals surface area contributed by atoms with Crippen LogP contribution in [0.15, 0.2) is 41.6 Å². The van der Waals surface area contributed by atoms with E-state index in [2.05, 4.69) is 15.5 Å². The average Bonchev–Trinajstić information content (AvgIpc) is 2.96. The molecule has 0 saturated heterocycles. The summed E-state index contributed by atoms with van der Waals surface area (Å²) in [5.41, 5.74) is 6.18. The lowest BCUT2D eigenvalue weighted by molar-refractivity contribution is 0.0948. The zero-order chi connectivity index (χ0) is 18.7. The molecule has 7 nitrogen and oxygen atoms in total. The van der Waals surface area contributed by atoms with Crippen LogP contribution in [0.3, 0.4) is 0 Å². The van der Waals surface area contributed by atoms with Crippen LogP contribution < -0.4 is 14.9 Å². The normalized spacial score (nSPS) is 11.1. The van der Waals surface area contributed by atoms with Crippen molar-refractivity contribution in [1.29, 1.82) is 0 Å². The lowest BCUT2D eigenvalue weighted by atomic mass is 10.2. The van der Waals surface area contributed by atoms with E-state index < -0.39 is 0 Å². The Balaban J connectivity index is 1.81. The van der Waals surface area contributed by atoms with Gasteiger partial charge < -0.3 is 9.47 Å². The van der Waals surface area contributed by atoms with E-state index in [1.54, 1.807) is 43.7 Å². The van der Waals surface area contributed by atoms with Gasteiger partial charge in [0.15, 0.2) is 0 Å². The summed E-state index contributed by atoms with van der Waals surface area (Å²) < 4.78 is 12.2. The number of carbonyl (C=O) groups excluding carboxylic acids is 1. The number of nitrogens with zero attached hydrogens (tertiary/aromatic N) is 3. The van der Waals surface area contributed by atoms with E-state index in [9.17, 15) is 4.79 Å². The third-order valence-corrected chi connectivity index (χ3v) is 3.98. The molecule has 0 unspecified atom stereocenters. The number of benzene rings is 1. The molecule has 3 rings (SSSR count). The molecular formula is C19H20N4O3. The minimum Gasteiger partial charge on any atom is -0.497 e. The molecule has 1 N–H and O–H groups in total. The van der Waals surface area contributed by atoms with Crippen LogP contribution >= 0.6 is 0 Å². The van der Waals surface area contributed by atoms with E-state index in [1.807, 2.05) is 25.3 Å². The molecule has 26 heavy (non-hydrogen) atoms. The Labute approximate surface area is 151 Å². The maximum Gasteiger partial charge on any atom is 0.290 e. The molecule has 1 aromatic carbocycles. The first-order valence-corrected chi connectivity index (χ1v) is 8.04. The zero-order valence-electron chi connectivity index (χ0n) is 15.1. The number of aryl methyl sites for hydroxylation is 2. The second-order valence-corrected chi connectivity index (χ2v) is 5.79. The fourth-order valence-corrected chi connectivity index (χ4v) is 2.68. The van der Waals surface area contributed by atoms with Gasteiger partial charge in [0, 0.05) is 17.8 Å². The minimum atomic E-state index is -0.331. The van der Waals surface area contributed by atoms with Crippen LogP contribution in [-0.2, 0) is 0 Å². The number of fused-ring (bicyclic) bond motifs is 1. The Morgan fingerprint density at radius 3 is 2.73 bits per heavy atom. The Hall–Kier alpha value is -3.35. The van der Waals surface area contributed by atoms with E-state index in [0.29, 0.717) is 22.9 Å². The summed E-state index contributed by atoms with van der Waals surface area (Å²) in [5.74, 6) is 0.950. The summed E-state index contributed by atoms with van der Waals surface area (Å²) in [7, 11) is 3.15. The van der Waals surface area contributed by atoms with Gasteiger partial charge in [-0.2, -0.15) is 5.10 Å². The van der Waals surface area contributed by atoms with Crippen LogP contribution in [0.25, 0.3) is 5.65 Å². The van der Waals surface area contributed by atoms with Crippen molar-refractivity contribution >= 4 is 17.8 Å². The smallest absolute Gasteiger partial charge is 0.290 e. The highest BCUT2D eigenvalue weighted by molar-refractivity contribution is 5.95. The molecule has 1 amide bonds. The lowest BCUT2D eigenvalue weighted by Crippen LogP contribution is -2.20. The number of pyridine rings is 1. The van der Waals surface area contributed by atoms with Gasteiger partial charge in [0.05, 0.1) is 26.1 Å². The van der Waals surface area contributed by atoms with Crippen molar-refractivity contribution < 1.29 is 14.3 Å². The highest BCUT2D eigenvalue weighted by atomic mass is 16.5. The zero-order valence-corrected chi connectivity index (χ0v) is 15.1. The molecule has 134 valence electrons. The van der Waals surface area contributed by atoms with Crippen LogP contribution in [0.1, 0.15) is 27.3 Å². The molecule has 0 saturated carbocycles. The van der Waals surface area contributed by atoms with Gasteiger partial charge >= 0.3 is 0 Å². The Morgan fingerprint density at radius 2 is 2.00 bits per heavy atom. The van der Waals surface area contributed by atoms with Gasteiger partial charge in [-0.15, -0.1) is 0 Å². The van der Waals surface area contributed by atoms with Crippen molar-refractivity contribution in [2.24, 2.45) is 5.10 Å². The summed E-state index contributed by atoms with van der Waals surface area (Å²) in [5, 5.41) is 4.04. The molecule has 0 fully saturated rings. The number of aromatic nitrogens is 2. The van der Waals surface area contributed by atoms with E-state index in [-0.39, 0.29) is 5.91 Å². The standard InChI is InChI=1S/C19H20N4O3/c1-12-7-8-23-17(9-12)21-13(2)18(23)19(24)22-20-11-14-5-6-15(25-3)10-16(14)26-4/h5-11H,1-4H3,(H,22,24). The number of hydrazone groups is 1. The van der Waals surface area contributed by atoms with Gasteiger partial charge in [-0.25, -0.2) is 10.4 Å².